The monoisotopic (exact) mass is 230 g/mol. The number of carbonyl (C=O) groups is 3. The van der Waals surface area contributed by atoms with Crippen LogP contribution in [0.4, 0.5) is 0 Å². The number of aliphatic carboxylic acids is 2. The van der Waals surface area contributed by atoms with Crippen LogP contribution in [0.1, 0.15) is 12.8 Å². The van der Waals surface area contributed by atoms with Gasteiger partial charge in [0.25, 0.3) is 0 Å². The lowest BCUT2D eigenvalue weighted by Gasteiger charge is -2.19. The van der Waals surface area contributed by atoms with Crippen molar-refractivity contribution in [2.75, 3.05) is 13.1 Å². The largest absolute Gasteiger partial charge is 0.481 e. The highest BCUT2D eigenvalue weighted by Crippen LogP contribution is 2.17. The number of hydrogen-bond acceptors (Lipinski definition) is 4. The predicted octanol–water partition coefficient (Wildman–Crippen LogP) is -1.28. The molecule has 1 aliphatic heterocycles. The molecule has 2 unspecified atom stereocenters. The molecule has 0 aromatic heterocycles. The van der Waals surface area contributed by atoms with Crippen molar-refractivity contribution in [1.82, 2.24) is 4.90 Å². The second-order valence-corrected chi connectivity index (χ2v) is 3.81. The standard InChI is InChI=1S/C9H14N2O5/c10-6(3-7(12)13)8(14)11-2-1-5(4-11)9(15)16/h5-6H,1-4,10H2,(H,12,13)(H,15,16). The second-order valence-electron chi connectivity index (χ2n) is 3.81. The molecule has 4 N–H and O–H groups in total. The van der Waals surface area contributed by atoms with Crippen molar-refractivity contribution in [3.05, 3.63) is 0 Å². The molecule has 0 radical (unpaired) electrons. The smallest absolute Gasteiger partial charge is 0.308 e. The molecule has 2 atom stereocenters. The molecule has 0 bridgehead atoms. The van der Waals surface area contributed by atoms with Crippen LogP contribution in [-0.4, -0.2) is 52.1 Å². The van der Waals surface area contributed by atoms with Gasteiger partial charge in [0.15, 0.2) is 0 Å². The highest BCUT2D eigenvalue weighted by atomic mass is 16.4. The van der Waals surface area contributed by atoms with Gasteiger partial charge in [-0.3, -0.25) is 14.4 Å². The van der Waals surface area contributed by atoms with Gasteiger partial charge in [0.1, 0.15) is 0 Å². The van der Waals surface area contributed by atoms with Gasteiger partial charge in [-0.25, -0.2) is 0 Å². The van der Waals surface area contributed by atoms with Gasteiger partial charge in [0.2, 0.25) is 5.91 Å². The Morgan fingerprint density at radius 1 is 1.38 bits per heavy atom. The third-order valence-corrected chi connectivity index (χ3v) is 2.56. The summed E-state index contributed by atoms with van der Waals surface area (Å²) in [4.78, 5) is 33.9. The number of carboxylic acid groups (broad SMARTS) is 2. The van der Waals surface area contributed by atoms with Crippen LogP contribution in [0.25, 0.3) is 0 Å². The van der Waals surface area contributed by atoms with Crippen LogP contribution in [0.2, 0.25) is 0 Å². The van der Waals surface area contributed by atoms with Crippen LogP contribution >= 0.6 is 0 Å². The van der Waals surface area contributed by atoms with Crippen molar-refractivity contribution in [3.8, 4) is 0 Å². The number of carboxylic acids is 2. The third kappa shape index (κ3) is 2.93. The molecule has 1 rings (SSSR count). The van der Waals surface area contributed by atoms with Gasteiger partial charge in [0, 0.05) is 13.1 Å². The second kappa shape index (κ2) is 4.93. The van der Waals surface area contributed by atoms with Crippen LogP contribution in [0.3, 0.4) is 0 Å². The van der Waals surface area contributed by atoms with E-state index in [1.54, 1.807) is 0 Å². The van der Waals surface area contributed by atoms with Crippen LogP contribution in [-0.2, 0) is 14.4 Å². The van der Waals surface area contributed by atoms with Gasteiger partial charge < -0.3 is 20.8 Å². The number of carbonyl (C=O) groups excluding carboxylic acids is 1. The molecule has 7 nitrogen and oxygen atoms in total. The third-order valence-electron chi connectivity index (χ3n) is 2.56. The number of nitrogens with zero attached hydrogens (tertiary/aromatic N) is 1. The van der Waals surface area contributed by atoms with E-state index in [9.17, 15) is 14.4 Å². The van der Waals surface area contributed by atoms with Crippen molar-refractivity contribution in [2.24, 2.45) is 11.7 Å². The first-order valence-corrected chi connectivity index (χ1v) is 4.90. The maximum Gasteiger partial charge on any atom is 0.308 e. The summed E-state index contributed by atoms with van der Waals surface area (Å²) >= 11 is 0. The zero-order valence-electron chi connectivity index (χ0n) is 8.63. The Labute approximate surface area is 91.8 Å². The minimum Gasteiger partial charge on any atom is -0.481 e. The lowest BCUT2D eigenvalue weighted by Crippen LogP contribution is -2.44. The van der Waals surface area contributed by atoms with Crippen molar-refractivity contribution in [3.63, 3.8) is 0 Å². The molecule has 90 valence electrons. The van der Waals surface area contributed by atoms with E-state index >= 15 is 0 Å². The Balaban J connectivity index is 2.50. The molecule has 0 aliphatic carbocycles. The average Bonchev–Trinajstić information content (AvgIpc) is 2.64. The molecule has 1 aliphatic rings. The van der Waals surface area contributed by atoms with Gasteiger partial charge >= 0.3 is 11.9 Å². The Kier molecular flexibility index (Phi) is 3.83. The van der Waals surface area contributed by atoms with Crippen molar-refractivity contribution < 1.29 is 24.6 Å². The number of amides is 1. The first-order valence-electron chi connectivity index (χ1n) is 4.90. The Morgan fingerprint density at radius 2 is 2.00 bits per heavy atom. The molecule has 0 spiro atoms. The molecular formula is C9H14N2O5. The molecular weight excluding hydrogens is 216 g/mol. The van der Waals surface area contributed by atoms with E-state index < -0.39 is 36.2 Å². The summed E-state index contributed by atoms with van der Waals surface area (Å²) in [6.45, 7) is 0.435. The highest BCUT2D eigenvalue weighted by molar-refractivity contribution is 5.86. The molecule has 0 aromatic carbocycles. The summed E-state index contributed by atoms with van der Waals surface area (Å²) in [6.07, 6.45) is -0.0477. The molecule has 16 heavy (non-hydrogen) atoms. The van der Waals surface area contributed by atoms with E-state index in [-0.39, 0.29) is 6.54 Å². The molecule has 7 heteroatoms. The first kappa shape index (κ1) is 12.4. The number of rotatable bonds is 4. The van der Waals surface area contributed by atoms with E-state index in [1.807, 2.05) is 0 Å². The van der Waals surface area contributed by atoms with Crippen LogP contribution in [0, 0.1) is 5.92 Å². The molecule has 1 saturated heterocycles. The normalized spacial score (nSPS) is 21.8. The number of nitrogens with two attached hydrogens (primary N) is 1. The minimum absolute atomic E-state index is 0.113. The summed E-state index contributed by atoms with van der Waals surface area (Å²) in [5.74, 6) is -3.15. The molecule has 1 amide bonds. The number of hydrogen-bond donors (Lipinski definition) is 3. The highest BCUT2D eigenvalue weighted by Gasteiger charge is 2.33. The van der Waals surface area contributed by atoms with E-state index in [0.717, 1.165) is 0 Å². The quantitative estimate of drug-likeness (QED) is 0.553. The van der Waals surface area contributed by atoms with Gasteiger partial charge in [-0.1, -0.05) is 0 Å². The summed E-state index contributed by atoms with van der Waals surface area (Å²) < 4.78 is 0. The molecule has 0 saturated carbocycles. The summed E-state index contributed by atoms with van der Waals surface area (Å²) in [5, 5.41) is 17.2. The number of likely N-dealkylation sites (tertiary alicyclic amines) is 1. The van der Waals surface area contributed by atoms with Crippen LogP contribution in [0.15, 0.2) is 0 Å². The topological polar surface area (TPSA) is 121 Å². The zero-order chi connectivity index (χ0) is 12.3. The van der Waals surface area contributed by atoms with Gasteiger partial charge in [0.05, 0.1) is 18.4 Å². The average molecular weight is 230 g/mol. The maximum atomic E-state index is 11.6. The first-order chi connectivity index (χ1) is 7.41. The van der Waals surface area contributed by atoms with Gasteiger partial charge in [-0.15, -0.1) is 0 Å². The SMILES string of the molecule is NC(CC(=O)O)C(=O)N1CCC(C(=O)O)C1. The Bertz CT molecular complexity index is 317. The van der Waals surface area contributed by atoms with E-state index in [4.69, 9.17) is 15.9 Å². The van der Waals surface area contributed by atoms with Crippen LogP contribution in [0.5, 0.6) is 0 Å². The lowest BCUT2D eigenvalue weighted by atomic mass is 10.1. The Hall–Kier alpha value is -1.63. The van der Waals surface area contributed by atoms with E-state index in [1.165, 1.54) is 4.90 Å². The summed E-state index contributed by atoms with van der Waals surface area (Å²) in [5.41, 5.74) is 5.40. The predicted molar refractivity (Wildman–Crippen MR) is 52.6 cm³/mol. The fourth-order valence-electron chi connectivity index (χ4n) is 1.67. The van der Waals surface area contributed by atoms with Crippen molar-refractivity contribution >= 4 is 17.8 Å². The fraction of sp³-hybridized carbons (Fsp3) is 0.667. The summed E-state index contributed by atoms with van der Waals surface area (Å²) in [6, 6.07) is -1.09. The van der Waals surface area contributed by atoms with E-state index in [2.05, 4.69) is 0 Å². The van der Waals surface area contributed by atoms with Gasteiger partial charge in [-0.05, 0) is 6.42 Å². The zero-order valence-corrected chi connectivity index (χ0v) is 8.63. The lowest BCUT2D eigenvalue weighted by molar-refractivity contribution is -0.143. The van der Waals surface area contributed by atoms with Crippen LogP contribution < -0.4 is 5.73 Å². The summed E-state index contributed by atoms with van der Waals surface area (Å²) in [7, 11) is 0. The molecule has 1 heterocycles. The Morgan fingerprint density at radius 3 is 2.44 bits per heavy atom. The van der Waals surface area contributed by atoms with Gasteiger partial charge in [-0.2, -0.15) is 0 Å². The van der Waals surface area contributed by atoms with Crippen molar-refractivity contribution in [2.45, 2.75) is 18.9 Å². The minimum atomic E-state index is -1.14. The molecule has 1 fully saturated rings. The fourth-order valence-corrected chi connectivity index (χ4v) is 1.67. The van der Waals surface area contributed by atoms with E-state index in [0.29, 0.717) is 13.0 Å². The molecule has 0 aromatic rings. The maximum absolute atomic E-state index is 11.6. The van der Waals surface area contributed by atoms with Crippen molar-refractivity contribution in [1.29, 1.82) is 0 Å².